The van der Waals surface area contributed by atoms with Gasteiger partial charge in [-0.1, -0.05) is 55.0 Å². The van der Waals surface area contributed by atoms with E-state index in [2.05, 4.69) is 15.3 Å². The summed E-state index contributed by atoms with van der Waals surface area (Å²) in [6, 6.07) is 20.1. The zero-order chi connectivity index (χ0) is 29.8. The van der Waals surface area contributed by atoms with Gasteiger partial charge in [-0.3, -0.25) is 0 Å². The molecule has 0 saturated heterocycles. The van der Waals surface area contributed by atoms with Gasteiger partial charge in [0.05, 0.1) is 11.3 Å². The third-order valence-corrected chi connectivity index (χ3v) is 8.51. The fraction of sp³-hybridized carbons (Fsp3) is 0.281. The second kappa shape index (κ2) is 10.2. The molecule has 2 fully saturated rings. The summed E-state index contributed by atoms with van der Waals surface area (Å²) in [7, 11) is 0. The number of carbonyl (C=O) groups is 1. The van der Waals surface area contributed by atoms with Crippen LogP contribution in [0.15, 0.2) is 72.8 Å². The van der Waals surface area contributed by atoms with Crippen molar-refractivity contribution in [2.45, 2.75) is 50.4 Å². The largest absolute Gasteiger partial charge is 0.475 e. The Balaban J connectivity index is 1.40. The van der Waals surface area contributed by atoms with Gasteiger partial charge in [0.25, 0.3) is 0 Å². The predicted octanol–water partition coefficient (Wildman–Crippen LogP) is 7.07. The molecule has 3 aromatic heterocycles. The van der Waals surface area contributed by atoms with Crippen LogP contribution in [0.5, 0.6) is 0 Å². The fourth-order valence-corrected chi connectivity index (χ4v) is 5.85. The van der Waals surface area contributed by atoms with Crippen molar-refractivity contribution in [3.63, 3.8) is 0 Å². The first-order valence-corrected chi connectivity index (χ1v) is 14.2. The topological polar surface area (TPSA) is 106 Å². The van der Waals surface area contributed by atoms with E-state index in [-0.39, 0.29) is 23.6 Å². The van der Waals surface area contributed by atoms with Gasteiger partial charge >= 0.3 is 12.1 Å². The number of anilines is 1. The first kappa shape index (κ1) is 27.1. The minimum atomic E-state index is -4.45. The van der Waals surface area contributed by atoms with Crippen LogP contribution in [-0.2, 0) is 12.7 Å². The van der Waals surface area contributed by atoms with Crippen LogP contribution in [0.4, 0.5) is 19.0 Å². The number of alkyl halides is 3. The Morgan fingerprint density at radius 2 is 1.63 bits per heavy atom. The van der Waals surface area contributed by atoms with Crippen LogP contribution in [0, 0.1) is 5.92 Å². The quantitative estimate of drug-likeness (QED) is 0.201. The molecule has 218 valence electrons. The minimum Gasteiger partial charge on any atom is -0.475 e. The number of hydrogen-bond acceptors (Lipinski definition) is 6. The number of hydrogen-bond donors (Lipinski definition) is 2. The first-order valence-electron chi connectivity index (χ1n) is 14.2. The average molecular weight is 585 g/mol. The molecular weight excluding hydrogens is 557 g/mol. The van der Waals surface area contributed by atoms with Gasteiger partial charge in [-0.25, -0.2) is 24.7 Å². The molecule has 2 aliphatic rings. The Morgan fingerprint density at radius 1 is 0.907 bits per heavy atom. The Hall–Kier alpha value is -4.80. The van der Waals surface area contributed by atoms with Crippen LogP contribution in [0.25, 0.3) is 33.9 Å². The van der Waals surface area contributed by atoms with E-state index >= 15 is 0 Å². The van der Waals surface area contributed by atoms with Crippen molar-refractivity contribution < 1.29 is 23.1 Å². The molecule has 2 N–H and O–H groups in total. The van der Waals surface area contributed by atoms with Crippen LogP contribution >= 0.6 is 0 Å². The first-order chi connectivity index (χ1) is 20.7. The Kier molecular flexibility index (Phi) is 6.41. The molecule has 0 spiro atoms. The Morgan fingerprint density at radius 3 is 2.26 bits per heavy atom. The summed E-state index contributed by atoms with van der Waals surface area (Å²) in [5.74, 6) is -0.420. The summed E-state index contributed by atoms with van der Waals surface area (Å²) in [6.07, 6.45) is 0.801. The number of carboxylic acids is 1. The molecule has 43 heavy (non-hydrogen) atoms. The molecule has 0 unspecified atom stereocenters. The van der Waals surface area contributed by atoms with Gasteiger partial charge in [-0.15, -0.1) is 0 Å². The molecule has 2 aliphatic carbocycles. The second-order valence-corrected chi connectivity index (χ2v) is 11.3. The lowest BCUT2D eigenvalue weighted by atomic mass is 9.78. The number of rotatable bonds is 8. The molecule has 0 amide bonds. The van der Waals surface area contributed by atoms with E-state index in [4.69, 9.17) is 9.97 Å². The number of pyridine rings is 1. The maximum atomic E-state index is 13.3. The van der Waals surface area contributed by atoms with Crippen molar-refractivity contribution in [2.24, 2.45) is 5.92 Å². The number of imidazole rings is 1. The van der Waals surface area contributed by atoms with Crippen LogP contribution in [0.2, 0.25) is 0 Å². The molecule has 7 rings (SSSR count). The van der Waals surface area contributed by atoms with Gasteiger partial charge in [-0.05, 0) is 61.4 Å². The smallest absolute Gasteiger partial charge is 0.416 e. The standard InChI is InChI=1S/C32H27F3N6O2/c33-32(34,35)22-14-12-19(13-15-22)18-41-25-26(39-29(41)24-11-5-10-23(36-24)20-6-2-1-3-7-20)37-28(30(42)43)38-27(25)40-31(16-17-31)21-8-4-9-21/h1-3,5-7,10-15,21H,4,8-9,16-18H2,(H,42,43)(H,37,38,40). The van der Waals surface area contributed by atoms with Gasteiger partial charge in [0, 0.05) is 17.6 Å². The molecule has 2 aromatic carbocycles. The average Bonchev–Trinajstić information content (AvgIpc) is 3.63. The number of nitrogens with one attached hydrogen (secondary N) is 1. The van der Waals surface area contributed by atoms with Crippen molar-refractivity contribution in [2.75, 3.05) is 5.32 Å². The van der Waals surface area contributed by atoms with E-state index < -0.39 is 17.7 Å². The number of aromatic carboxylic acids is 1. The SMILES string of the molecule is O=C(O)c1nc(NC2(C3CCC3)CC2)c2c(n1)nc(-c1cccc(-c3ccccc3)n1)n2Cc1ccc(C(F)(F)F)cc1. The fourth-order valence-electron chi connectivity index (χ4n) is 5.85. The molecule has 8 nitrogen and oxygen atoms in total. The minimum absolute atomic E-state index is 0.141. The monoisotopic (exact) mass is 584 g/mol. The third-order valence-electron chi connectivity index (χ3n) is 8.51. The summed E-state index contributed by atoms with van der Waals surface area (Å²) < 4.78 is 41.7. The highest BCUT2D eigenvalue weighted by molar-refractivity contribution is 5.92. The van der Waals surface area contributed by atoms with E-state index in [1.165, 1.54) is 12.1 Å². The zero-order valence-corrected chi connectivity index (χ0v) is 23.0. The summed E-state index contributed by atoms with van der Waals surface area (Å²) in [6.45, 7) is 0.141. The number of halogens is 3. The molecule has 0 aliphatic heterocycles. The molecule has 11 heteroatoms. The Labute approximate surface area is 244 Å². The molecule has 0 radical (unpaired) electrons. The molecule has 2 saturated carbocycles. The van der Waals surface area contributed by atoms with Gasteiger partial charge in [0.2, 0.25) is 5.82 Å². The van der Waals surface area contributed by atoms with E-state index in [9.17, 15) is 23.1 Å². The summed E-state index contributed by atoms with van der Waals surface area (Å²) >= 11 is 0. The van der Waals surface area contributed by atoms with Crippen LogP contribution in [0.3, 0.4) is 0 Å². The third kappa shape index (κ3) is 5.09. The van der Waals surface area contributed by atoms with Crippen molar-refractivity contribution in [3.8, 4) is 22.8 Å². The summed E-state index contributed by atoms with van der Waals surface area (Å²) in [5, 5.41) is 13.4. The van der Waals surface area contributed by atoms with E-state index in [0.717, 1.165) is 49.8 Å². The zero-order valence-electron chi connectivity index (χ0n) is 23.0. The second-order valence-electron chi connectivity index (χ2n) is 11.3. The van der Waals surface area contributed by atoms with Crippen molar-refractivity contribution >= 4 is 23.0 Å². The van der Waals surface area contributed by atoms with E-state index in [1.54, 1.807) is 6.07 Å². The molecular formula is C32H27F3N6O2. The van der Waals surface area contributed by atoms with Crippen molar-refractivity contribution in [3.05, 3.63) is 89.7 Å². The summed E-state index contributed by atoms with van der Waals surface area (Å²) in [5.41, 5.74) is 2.48. The lowest BCUT2D eigenvalue weighted by molar-refractivity contribution is -0.137. The van der Waals surface area contributed by atoms with Crippen LogP contribution < -0.4 is 5.32 Å². The lowest BCUT2D eigenvalue weighted by Crippen LogP contribution is -2.36. The molecule has 0 atom stereocenters. The maximum Gasteiger partial charge on any atom is 0.416 e. The lowest BCUT2D eigenvalue weighted by Gasteiger charge is -2.35. The van der Waals surface area contributed by atoms with E-state index in [0.29, 0.717) is 40.0 Å². The number of benzene rings is 2. The molecule has 0 bridgehead atoms. The Bertz CT molecular complexity index is 1830. The van der Waals surface area contributed by atoms with Gasteiger partial charge in [-0.2, -0.15) is 13.2 Å². The van der Waals surface area contributed by atoms with Gasteiger partial charge in [0.1, 0.15) is 11.2 Å². The normalized spacial score (nSPS) is 16.2. The highest BCUT2D eigenvalue weighted by Gasteiger charge is 2.51. The van der Waals surface area contributed by atoms with Gasteiger partial charge in [0.15, 0.2) is 17.3 Å². The molecule has 3 heterocycles. The number of nitrogens with zero attached hydrogens (tertiary/aromatic N) is 5. The number of fused-ring (bicyclic) bond motifs is 1. The van der Waals surface area contributed by atoms with Gasteiger partial charge < -0.3 is 15.0 Å². The van der Waals surface area contributed by atoms with E-state index in [1.807, 2.05) is 47.0 Å². The van der Waals surface area contributed by atoms with Crippen molar-refractivity contribution in [1.29, 1.82) is 0 Å². The number of carboxylic acid groups (broad SMARTS) is 1. The maximum absolute atomic E-state index is 13.3. The predicted molar refractivity (Wildman–Crippen MR) is 154 cm³/mol. The summed E-state index contributed by atoms with van der Waals surface area (Å²) in [4.78, 5) is 30.4. The highest BCUT2D eigenvalue weighted by Crippen LogP contribution is 2.53. The van der Waals surface area contributed by atoms with Crippen molar-refractivity contribution in [1.82, 2.24) is 24.5 Å². The molecule has 5 aromatic rings. The number of aromatic nitrogens is 5. The van der Waals surface area contributed by atoms with Crippen LogP contribution in [0.1, 0.15) is 53.8 Å². The highest BCUT2D eigenvalue weighted by atomic mass is 19.4. The van der Waals surface area contributed by atoms with Crippen LogP contribution in [-0.4, -0.2) is 41.1 Å².